The van der Waals surface area contributed by atoms with Crippen molar-refractivity contribution in [3.05, 3.63) is 34.9 Å². The zero-order valence-electron chi connectivity index (χ0n) is 20.4. The van der Waals surface area contributed by atoms with Gasteiger partial charge in [-0.25, -0.2) is 18.6 Å². The van der Waals surface area contributed by atoms with Gasteiger partial charge in [0, 0.05) is 62.6 Å². The van der Waals surface area contributed by atoms with Crippen LogP contribution in [0.15, 0.2) is 12.3 Å². The van der Waals surface area contributed by atoms with Gasteiger partial charge in [0.05, 0.1) is 18.1 Å². The van der Waals surface area contributed by atoms with Crippen molar-refractivity contribution in [1.82, 2.24) is 14.5 Å². The molecule has 190 valence electrons. The summed E-state index contributed by atoms with van der Waals surface area (Å²) in [5.41, 5.74) is 2.34. The highest BCUT2D eigenvalue weighted by Gasteiger charge is 2.44. The number of likely N-dealkylation sites (tertiary alicyclic amines) is 1. The fraction of sp³-hybridized carbons (Fsp3) is 0.556. The van der Waals surface area contributed by atoms with E-state index in [4.69, 9.17) is 6.57 Å². The summed E-state index contributed by atoms with van der Waals surface area (Å²) in [4.78, 5) is 34.4. The lowest BCUT2D eigenvalue weighted by Gasteiger charge is -2.31. The molecule has 1 aliphatic heterocycles. The van der Waals surface area contributed by atoms with Crippen LogP contribution < -0.4 is 0 Å². The minimum absolute atomic E-state index is 0.118. The Balaban J connectivity index is 1.40. The third-order valence-electron chi connectivity index (χ3n) is 7.16. The molecule has 0 radical (unpaired) electrons. The molecule has 2 fully saturated rings. The molecular formula is C27H30F2N4O3. The Morgan fingerprint density at radius 3 is 2.69 bits per heavy atom. The zero-order valence-corrected chi connectivity index (χ0v) is 20.4. The predicted molar refractivity (Wildman–Crippen MR) is 131 cm³/mol. The number of hydrogen-bond acceptors (Lipinski definition) is 3. The van der Waals surface area contributed by atoms with Gasteiger partial charge in [0.15, 0.2) is 0 Å². The van der Waals surface area contributed by atoms with E-state index < -0.39 is 17.8 Å². The molecule has 0 unspecified atom stereocenters. The number of alkyl halides is 2. The maximum Gasteiger partial charge on any atom is 0.308 e. The van der Waals surface area contributed by atoms with Crippen LogP contribution in [0.2, 0.25) is 0 Å². The predicted octanol–water partition coefficient (Wildman–Crippen LogP) is 5.21. The number of aryl methyl sites for hydroxylation is 1. The van der Waals surface area contributed by atoms with Gasteiger partial charge in [-0.15, -0.1) is 5.92 Å². The number of rotatable bonds is 8. The van der Waals surface area contributed by atoms with Crippen LogP contribution in [0.1, 0.15) is 67.4 Å². The molecule has 1 saturated heterocycles. The minimum atomic E-state index is -2.53. The van der Waals surface area contributed by atoms with E-state index >= 15 is 0 Å². The van der Waals surface area contributed by atoms with Crippen LogP contribution in [0.25, 0.3) is 15.9 Å². The molecule has 2 aliphatic rings. The van der Waals surface area contributed by atoms with Crippen LogP contribution in [0.4, 0.5) is 14.5 Å². The smallest absolute Gasteiger partial charge is 0.308 e. The number of hydrogen-bond donors (Lipinski definition) is 1. The molecule has 1 aliphatic carbocycles. The first kappa shape index (κ1) is 25.6. The van der Waals surface area contributed by atoms with Crippen molar-refractivity contribution in [2.45, 2.75) is 63.7 Å². The number of nitrogens with zero attached hydrogens (tertiary/aromatic N) is 4. The Bertz CT molecular complexity index is 1260. The maximum absolute atomic E-state index is 13.5. The van der Waals surface area contributed by atoms with E-state index in [9.17, 15) is 23.5 Å². The zero-order chi connectivity index (χ0) is 25.9. The molecule has 1 saturated carbocycles. The highest BCUT2D eigenvalue weighted by atomic mass is 19.3. The number of unbranched alkanes of at least 4 members (excludes halogenated alkanes) is 4. The van der Waals surface area contributed by atoms with E-state index in [0.717, 1.165) is 31.4 Å². The normalized spacial score (nSPS) is 18.9. The summed E-state index contributed by atoms with van der Waals surface area (Å²) in [6.07, 6.45) is 6.67. The lowest BCUT2D eigenvalue weighted by atomic mass is 9.82. The fourth-order valence-electron chi connectivity index (χ4n) is 5.08. The van der Waals surface area contributed by atoms with Crippen molar-refractivity contribution >= 4 is 28.6 Å². The van der Waals surface area contributed by atoms with Gasteiger partial charge in [-0.1, -0.05) is 18.8 Å². The van der Waals surface area contributed by atoms with Crippen LogP contribution in [-0.2, 0) is 18.3 Å². The minimum Gasteiger partial charge on any atom is -0.481 e. The summed E-state index contributed by atoms with van der Waals surface area (Å²) < 4.78 is 27.6. The van der Waals surface area contributed by atoms with E-state index in [0.29, 0.717) is 48.1 Å². The second-order valence-corrected chi connectivity index (χ2v) is 9.83. The molecule has 0 aromatic carbocycles. The summed E-state index contributed by atoms with van der Waals surface area (Å²) in [5, 5.41) is 9.97. The number of carboxylic acid groups (broad SMARTS) is 1. The molecule has 1 amide bonds. The van der Waals surface area contributed by atoms with Crippen molar-refractivity contribution in [2.75, 3.05) is 13.1 Å². The molecule has 0 spiro atoms. The highest BCUT2D eigenvalue weighted by Crippen LogP contribution is 2.41. The monoisotopic (exact) mass is 496 g/mol. The second-order valence-electron chi connectivity index (χ2n) is 9.83. The second kappa shape index (κ2) is 10.7. The van der Waals surface area contributed by atoms with E-state index in [-0.39, 0.29) is 31.2 Å². The molecule has 1 atom stereocenters. The van der Waals surface area contributed by atoms with Crippen LogP contribution in [-0.4, -0.2) is 50.4 Å². The van der Waals surface area contributed by atoms with Gasteiger partial charge < -0.3 is 14.6 Å². The van der Waals surface area contributed by atoms with Crippen LogP contribution in [0.5, 0.6) is 0 Å². The highest BCUT2D eigenvalue weighted by molar-refractivity contribution is 6.08. The topological polar surface area (TPSA) is 79.8 Å². The summed E-state index contributed by atoms with van der Waals surface area (Å²) in [5.74, 6) is 1.61. The average molecular weight is 497 g/mol. The SMILES string of the molecule is [C-]#[N+]c1cnc2c(c1)c(C(=O)N1CC[C@H](C(=O)O)C1)c(CCCCCCC#CC1CC(F)(F)C1)n2C. The molecule has 9 heteroatoms. The first-order valence-corrected chi connectivity index (χ1v) is 12.4. The number of aliphatic carboxylic acids is 1. The molecule has 4 rings (SSSR count). The fourth-order valence-corrected chi connectivity index (χ4v) is 5.08. The molecule has 0 bridgehead atoms. The maximum atomic E-state index is 13.5. The van der Waals surface area contributed by atoms with Crippen LogP contribution >= 0.6 is 0 Å². The van der Waals surface area contributed by atoms with Crippen LogP contribution in [0, 0.1) is 30.2 Å². The number of aromatic nitrogens is 2. The summed E-state index contributed by atoms with van der Waals surface area (Å²) in [6.45, 7) is 7.90. The molecule has 1 N–H and O–H groups in total. The number of carbonyl (C=O) groups excluding carboxylic acids is 1. The molecule has 3 heterocycles. The summed E-state index contributed by atoms with van der Waals surface area (Å²) in [6, 6.07) is 1.69. The van der Waals surface area contributed by atoms with Gasteiger partial charge >= 0.3 is 5.97 Å². The lowest BCUT2D eigenvalue weighted by molar-refractivity contribution is -0.141. The number of carbonyl (C=O) groups is 2. The van der Waals surface area contributed by atoms with E-state index in [1.165, 1.54) is 6.20 Å². The van der Waals surface area contributed by atoms with Gasteiger partial charge in [0.1, 0.15) is 5.65 Å². The molecule has 7 nitrogen and oxygen atoms in total. The number of pyridine rings is 1. The molecular weight excluding hydrogens is 466 g/mol. The Morgan fingerprint density at radius 2 is 2.03 bits per heavy atom. The summed E-state index contributed by atoms with van der Waals surface area (Å²) >= 11 is 0. The van der Waals surface area contributed by atoms with Crippen molar-refractivity contribution in [2.24, 2.45) is 18.9 Å². The number of amides is 1. The van der Waals surface area contributed by atoms with Crippen molar-refractivity contribution in [3.8, 4) is 11.8 Å². The molecule has 36 heavy (non-hydrogen) atoms. The standard InChI is InChI=1S/C27H30F2N4O3/c1-30-20-13-21-23(25(34)33-12-11-19(17-33)26(35)36)22(32(2)24(21)31-16-20)10-8-6-4-3-5-7-9-18-14-27(28,29)15-18/h13,16,18-19H,3-6,8,10-12,14-15,17H2,2H3,(H,35,36)/t19-/m0/s1. The molecule has 2 aromatic heterocycles. The number of halogens is 2. The Morgan fingerprint density at radius 1 is 1.28 bits per heavy atom. The van der Waals surface area contributed by atoms with Crippen molar-refractivity contribution in [1.29, 1.82) is 0 Å². The first-order valence-electron chi connectivity index (χ1n) is 12.4. The Hall–Kier alpha value is -3.46. The third-order valence-corrected chi connectivity index (χ3v) is 7.16. The largest absolute Gasteiger partial charge is 0.481 e. The Kier molecular flexibility index (Phi) is 7.59. The van der Waals surface area contributed by atoms with Gasteiger partial charge in [-0.05, 0) is 31.7 Å². The average Bonchev–Trinajstić information content (AvgIpc) is 3.42. The van der Waals surface area contributed by atoms with Gasteiger partial charge in [0.25, 0.3) is 11.8 Å². The van der Waals surface area contributed by atoms with Gasteiger partial charge in [-0.3, -0.25) is 9.59 Å². The van der Waals surface area contributed by atoms with E-state index in [2.05, 4.69) is 21.7 Å². The molecule has 2 aromatic rings. The van der Waals surface area contributed by atoms with Gasteiger partial charge in [-0.2, -0.15) is 0 Å². The van der Waals surface area contributed by atoms with Crippen molar-refractivity contribution in [3.63, 3.8) is 0 Å². The van der Waals surface area contributed by atoms with Crippen LogP contribution in [0.3, 0.4) is 0 Å². The number of carboxylic acids is 1. The quantitative estimate of drug-likeness (QED) is 0.309. The third kappa shape index (κ3) is 5.51. The first-order chi connectivity index (χ1) is 17.2. The van der Waals surface area contributed by atoms with Gasteiger partial charge in [0.2, 0.25) is 5.69 Å². The summed E-state index contributed by atoms with van der Waals surface area (Å²) in [7, 11) is 1.86. The Labute approximate surface area is 209 Å². The lowest BCUT2D eigenvalue weighted by Crippen LogP contribution is -2.34. The van der Waals surface area contributed by atoms with Crippen molar-refractivity contribution < 1.29 is 23.5 Å². The van der Waals surface area contributed by atoms with E-state index in [1.54, 1.807) is 11.0 Å². The van der Waals surface area contributed by atoms with E-state index in [1.807, 2.05) is 11.6 Å². The number of fused-ring (bicyclic) bond motifs is 1.